The highest BCUT2D eigenvalue weighted by Gasteiger charge is 2.19. The van der Waals surface area contributed by atoms with Crippen molar-refractivity contribution in [1.29, 1.82) is 0 Å². The number of amides is 1. The Morgan fingerprint density at radius 3 is 2.52 bits per heavy atom. The van der Waals surface area contributed by atoms with Crippen LogP contribution in [0.2, 0.25) is 0 Å². The minimum absolute atomic E-state index is 0.0234. The quantitative estimate of drug-likeness (QED) is 0.568. The van der Waals surface area contributed by atoms with Crippen LogP contribution in [0, 0.1) is 6.92 Å². The molecule has 1 N–H and O–H groups in total. The van der Waals surface area contributed by atoms with Gasteiger partial charge in [-0.2, -0.15) is 0 Å². The summed E-state index contributed by atoms with van der Waals surface area (Å²) in [6.45, 7) is 5.00. The molecule has 0 saturated heterocycles. The number of benzene rings is 2. The van der Waals surface area contributed by atoms with Gasteiger partial charge >= 0.3 is 5.97 Å². The van der Waals surface area contributed by atoms with Crippen molar-refractivity contribution in [2.24, 2.45) is 0 Å². The molecule has 142 valence electrons. The molecule has 0 aliphatic rings. The number of ether oxygens (including phenoxy) is 2. The Morgan fingerprint density at radius 1 is 1.07 bits per heavy atom. The summed E-state index contributed by atoms with van der Waals surface area (Å²) in [5.74, 6) is -0.528. The average molecular weight is 369 g/mol. The van der Waals surface area contributed by atoms with Crippen LogP contribution >= 0.6 is 0 Å². The molecule has 6 heteroatoms. The van der Waals surface area contributed by atoms with Gasteiger partial charge in [0.05, 0.1) is 18.7 Å². The second-order valence-electron chi connectivity index (χ2n) is 6.14. The van der Waals surface area contributed by atoms with Crippen LogP contribution in [-0.2, 0) is 14.3 Å². The standard InChI is InChI=1S/C21H23NO5/c1-14-7-6-8-17(13-14)26-12-11-20(24)27-16(3)21(25)22-19-10-5-4-9-18(19)15(2)23/h4-10,13,16H,11-12H2,1-3H3,(H,22,25)/t16-/m0/s1. The Kier molecular flexibility index (Phi) is 7.11. The number of para-hydroxylation sites is 1. The van der Waals surface area contributed by atoms with Crippen LogP contribution in [0.25, 0.3) is 0 Å². The summed E-state index contributed by atoms with van der Waals surface area (Å²) in [5.41, 5.74) is 1.85. The summed E-state index contributed by atoms with van der Waals surface area (Å²) in [6.07, 6.45) is -0.966. The van der Waals surface area contributed by atoms with E-state index in [4.69, 9.17) is 9.47 Å². The van der Waals surface area contributed by atoms with E-state index < -0.39 is 18.0 Å². The molecule has 0 aromatic heterocycles. The van der Waals surface area contributed by atoms with Gasteiger partial charge in [0.1, 0.15) is 5.75 Å². The summed E-state index contributed by atoms with van der Waals surface area (Å²) < 4.78 is 10.6. The van der Waals surface area contributed by atoms with Crippen molar-refractivity contribution < 1.29 is 23.9 Å². The number of carbonyl (C=O) groups excluding carboxylic acids is 3. The molecular formula is C21H23NO5. The minimum Gasteiger partial charge on any atom is -0.493 e. The number of carbonyl (C=O) groups is 3. The number of anilines is 1. The van der Waals surface area contributed by atoms with Gasteiger partial charge in [-0.05, 0) is 50.6 Å². The lowest BCUT2D eigenvalue weighted by Crippen LogP contribution is -2.30. The van der Waals surface area contributed by atoms with Gasteiger partial charge in [0.25, 0.3) is 5.91 Å². The molecule has 0 saturated carbocycles. The topological polar surface area (TPSA) is 81.7 Å². The molecule has 0 fully saturated rings. The number of aryl methyl sites for hydroxylation is 1. The van der Waals surface area contributed by atoms with Gasteiger partial charge in [0.15, 0.2) is 11.9 Å². The maximum Gasteiger partial charge on any atom is 0.310 e. The van der Waals surface area contributed by atoms with Crippen molar-refractivity contribution in [3.63, 3.8) is 0 Å². The highest BCUT2D eigenvalue weighted by atomic mass is 16.5. The Balaban J connectivity index is 1.81. The van der Waals surface area contributed by atoms with Crippen LogP contribution in [-0.4, -0.2) is 30.4 Å². The van der Waals surface area contributed by atoms with Crippen LogP contribution in [0.1, 0.15) is 36.2 Å². The van der Waals surface area contributed by atoms with Crippen molar-refractivity contribution in [3.8, 4) is 5.75 Å². The van der Waals surface area contributed by atoms with Crippen LogP contribution in [0.3, 0.4) is 0 Å². The fourth-order valence-corrected chi connectivity index (χ4v) is 2.40. The second kappa shape index (κ2) is 9.52. The number of hydrogen-bond acceptors (Lipinski definition) is 5. The Labute approximate surface area is 158 Å². The fraction of sp³-hybridized carbons (Fsp3) is 0.286. The van der Waals surface area contributed by atoms with Crippen molar-refractivity contribution in [2.75, 3.05) is 11.9 Å². The zero-order valence-corrected chi connectivity index (χ0v) is 15.7. The average Bonchev–Trinajstić information content (AvgIpc) is 2.62. The first kappa shape index (κ1) is 20.2. The molecule has 0 aliphatic carbocycles. The molecule has 0 aliphatic heterocycles. The number of esters is 1. The van der Waals surface area contributed by atoms with Gasteiger partial charge in [-0.25, -0.2) is 0 Å². The third-order valence-electron chi connectivity index (χ3n) is 3.81. The van der Waals surface area contributed by atoms with E-state index in [9.17, 15) is 14.4 Å². The summed E-state index contributed by atoms with van der Waals surface area (Å²) in [4.78, 5) is 35.7. The molecule has 0 bridgehead atoms. The molecule has 1 amide bonds. The molecular weight excluding hydrogens is 346 g/mol. The first-order chi connectivity index (χ1) is 12.9. The largest absolute Gasteiger partial charge is 0.493 e. The van der Waals surface area contributed by atoms with E-state index in [0.717, 1.165) is 5.56 Å². The van der Waals surface area contributed by atoms with Crippen LogP contribution in [0.4, 0.5) is 5.69 Å². The first-order valence-electron chi connectivity index (χ1n) is 8.66. The SMILES string of the molecule is CC(=O)c1ccccc1NC(=O)[C@H](C)OC(=O)CCOc1cccc(C)c1. The summed E-state index contributed by atoms with van der Waals surface area (Å²) in [7, 11) is 0. The third kappa shape index (κ3) is 6.26. The molecule has 0 spiro atoms. The van der Waals surface area contributed by atoms with Gasteiger partial charge in [-0.3, -0.25) is 14.4 Å². The first-order valence-corrected chi connectivity index (χ1v) is 8.66. The van der Waals surface area contributed by atoms with E-state index in [1.54, 1.807) is 30.3 Å². The second-order valence-corrected chi connectivity index (χ2v) is 6.14. The Morgan fingerprint density at radius 2 is 1.81 bits per heavy atom. The fourth-order valence-electron chi connectivity index (χ4n) is 2.40. The molecule has 0 unspecified atom stereocenters. The Hall–Kier alpha value is -3.15. The van der Waals surface area contributed by atoms with Gasteiger partial charge < -0.3 is 14.8 Å². The summed E-state index contributed by atoms with van der Waals surface area (Å²) in [6, 6.07) is 14.2. The zero-order chi connectivity index (χ0) is 19.8. The van der Waals surface area contributed by atoms with E-state index >= 15 is 0 Å². The minimum atomic E-state index is -0.989. The third-order valence-corrected chi connectivity index (χ3v) is 3.81. The number of rotatable bonds is 8. The lowest BCUT2D eigenvalue weighted by atomic mass is 10.1. The van der Waals surface area contributed by atoms with Crippen LogP contribution in [0.5, 0.6) is 5.75 Å². The van der Waals surface area contributed by atoms with E-state index in [1.165, 1.54) is 13.8 Å². The van der Waals surface area contributed by atoms with E-state index in [-0.39, 0.29) is 18.8 Å². The highest BCUT2D eigenvalue weighted by molar-refractivity contribution is 6.04. The van der Waals surface area contributed by atoms with Gasteiger partial charge in [-0.1, -0.05) is 24.3 Å². The molecule has 2 rings (SSSR count). The number of ketones is 1. The van der Waals surface area contributed by atoms with E-state index in [1.807, 2.05) is 25.1 Å². The predicted molar refractivity (Wildman–Crippen MR) is 102 cm³/mol. The lowest BCUT2D eigenvalue weighted by molar-refractivity contribution is -0.153. The summed E-state index contributed by atoms with van der Waals surface area (Å²) >= 11 is 0. The predicted octanol–water partition coefficient (Wildman–Crippen LogP) is 3.54. The molecule has 27 heavy (non-hydrogen) atoms. The van der Waals surface area contributed by atoms with Gasteiger partial charge in [0.2, 0.25) is 0 Å². The molecule has 2 aromatic carbocycles. The number of Topliss-reactive ketones (excluding diaryl/α,β-unsaturated/α-hetero) is 1. The molecule has 1 atom stereocenters. The maximum absolute atomic E-state index is 12.2. The smallest absolute Gasteiger partial charge is 0.310 e. The van der Waals surface area contributed by atoms with E-state index in [0.29, 0.717) is 17.0 Å². The Bertz CT molecular complexity index is 831. The van der Waals surface area contributed by atoms with Crippen LogP contribution < -0.4 is 10.1 Å². The van der Waals surface area contributed by atoms with Crippen LogP contribution in [0.15, 0.2) is 48.5 Å². The monoisotopic (exact) mass is 369 g/mol. The normalized spacial score (nSPS) is 11.4. The molecule has 6 nitrogen and oxygen atoms in total. The zero-order valence-electron chi connectivity index (χ0n) is 15.7. The molecule has 0 heterocycles. The summed E-state index contributed by atoms with van der Waals surface area (Å²) in [5, 5.41) is 2.62. The number of hydrogen-bond donors (Lipinski definition) is 1. The lowest BCUT2D eigenvalue weighted by Gasteiger charge is -2.15. The van der Waals surface area contributed by atoms with Crippen molar-refractivity contribution in [3.05, 3.63) is 59.7 Å². The van der Waals surface area contributed by atoms with Crippen molar-refractivity contribution >= 4 is 23.3 Å². The number of nitrogens with one attached hydrogen (secondary N) is 1. The van der Waals surface area contributed by atoms with Crippen molar-refractivity contribution in [1.82, 2.24) is 0 Å². The highest BCUT2D eigenvalue weighted by Crippen LogP contribution is 2.16. The molecule has 2 aromatic rings. The van der Waals surface area contributed by atoms with Gasteiger partial charge in [-0.15, -0.1) is 0 Å². The molecule has 0 radical (unpaired) electrons. The van der Waals surface area contributed by atoms with E-state index in [2.05, 4.69) is 5.32 Å². The van der Waals surface area contributed by atoms with Gasteiger partial charge in [0, 0.05) is 5.56 Å². The maximum atomic E-state index is 12.2. The van der Waals surface area contributed by atoms with Crippen molar-refractivity contribution in [2.45, 2.75) is 33.3 Å².